The quantitative estimate of drug-likeness (QED) is 0.551. The van der Waals surface area contributed by atoms with E-state index in [2.05, 4.69) is 12.2 Å². The highest BCUT2D eigenvalue weighted by atomic mass is 19.1. The first-order valence-electron chi connectivity index (χ1n) is 6.18. The van der Waals surface area contributed by atoms with Gasteiger partial charge in [-0.1, -0.05) is 26.2 Å². The van der Waals surface area contributed by atoms with E-state index in [1.807, 2.05) is 0 Å². The van der Waals surface area contributed by atoms with Crippen LogP contribution in [-0.4, -0.2) is 29.9 Å². The van der Waals surface area contributed by atoms with Crippen molar-refractivity contribution in [3.8, 4) is 0 Å². The van der Waals surface area contributed by atoms with Crippen LogP contribution in [0, 0.1) is 0 Å². The maximum absolute atomic E-state index is 12.8. The Bertz CT molecular complexity index is 341. The maximum Gasteiger partial charge on any atom is 0.336 e. The lowest BCUT2D eigenvalue weighted by Gasteiger charge is -2.16. The third-order valence-corrected chi connectivity index (χ3v) is 2.23. The topological polar surface area (TPSA) is 78.5 Å². The summed E-state index contributed by atoms with van der Waals surface area (Å²) in [4.78, 5) is 33.7. The second kappa shape index (κ2) is 10.0. The van der Waals surface area contributed by atoms with Crippen LogP contribution in [0.5, 0.6) is 0 Å². The molecule has 0 aromatic carbocycles. The number of imide groups is 2. The van der Waals surface area contributed by atoms with Crippen molar-refractivity contribution in [1.29, 1.82) is 0 Å². The van der Waals surface area contributed by atoms with Gasteiger partial charge in [-0.15, -0.1) is 0 Å². The number of hydrogen-bond acceptors (Lipinski definition) is 3. The van der Waals surface area contributed by atoms with E-state index < -0.39 is 17.9 Å². The number of carbonyl (C=O) groups is 3. The van der Waals surface area contributed by atoms with Crippen molar-refractivity contribution in [2.24, 2.45) is 0 Å². The minimum absolute atomic E-state index is 0.130. The van der Waals surface area contributed by atoms with E-state index in [1.165, 1.54) is 0 Å². The molecule has 0 aromatic heterocycles. The van der Waals surface area contributed by atoms with E-state index >= 15 is 0 Å². The summed E-state index contributed by atoms with van der Waals surface area (Å²) >= 11 is 0. The van der Waals surface area contributed by atoms with Gasteiger partial charge in [0.05, 0.1) is 0 Å². The zero-order chi connectivity index (χ0) is 14.7. The number of urea groups is 2. The number of allylic oxidation sites excluding steroid dienone is 1. The monoisotopic (exact) mass is 273 g/mol. The van der Waals surface area contributed by atoms with Gasteiger partial charge in [0.1, 0.15) is 5.83 Å². The summed E-state index contributed by atoms with van der Waals surface area (Å²) in [5, 5.41) is 4.26. The van der Waals surface area contributed by atoms with Crippen LogP contribution in [-0.2, 0) is 4.79 Å². The molecule has 0 saturated carbocycles. The van der Waals surface area contributed by atoms with Crippen LogP contribution >= 0.6 is 0 Å². The van der Waals surface area contributed by atoms with Crippen molar-refractivity contribution >= 4 is 18.5 Å². The highest BCUT2D eigenvalue weighted by Gasteiger charge is 2.19. The normalized spacial score (nSPS) is 10.8. The number of nitrogens with zero attached hydrogens (tertiary/aromatic N) is 1. The minimum Gasteiger partial charge on any atom is -0.337 e. The molecule has 0 aliphatic rings. The van der Waals surface area contributed by atoms with Crippen LogP contribution in [0.15, 0.2) is 12.0 Å². The lowest BCUT2D eigenvalue weighted by atomic mass is 10.2. The predicted octanol–water partition coefficient (Wildman–Crippen LogP) is 2.28. The third-order valence-electron chi connectivity index (χ3n) is 2.23. The fraction of sp³-hybridized carbons (Fsp3) is 0.583. The molecule has 6 nitrogen and oxygen atoms in total. The van der Waals surface area contributed by atoms with E-state index in [-0.39, 0.29) is 6.41 Å². The van der Waals surface area contributed by atoms with E-state index in [0.29, 0.717) is 11.4 Å². The first kappa shape index (κ1) is 17.1. The Morgan fingerprint density at radius 3 is 2.42 bits per heavy atom. The molecule has 0 radical (unpaired) electrons. The van der Waals surface area contributed by atoms with Crippen LogP contribution in [0.3, 0.4) is 0 Å². The molecule has 5 amide bonds. The number of nitrogens with one attached hydrogen (secondary N) is 2. The Hall–Kier alpha value is -1.92. The average Bonchev–Trinajstić information content (AvgIpc) is 2.35. The van der Waals surface area contributed by atoms with Gasteiger partial charge in [-0.05, 0) is 13.3 Å². The third kappa shape index (κ3) is 7.91. The number of halogens is 1. The molecule has 0 saturated heterocycles. The van der Waals surface area contributed by atoms with E-state index in [4.69, 9.17) is 0 Å². The Balaban J connectivity index is 4.35. The molecule has 0 atom stereocenters. The molecule has 0 fully saturated rings. The van der Waals surface area contributed by atoms with Crippen LogP contribution in [0.4, 0.5) is 14.0 Å². The smallest absolute Gasteiger partial charge is 0.336 e. The van der Waals surface area contributed by atoms with Crippen molar-refractivity contribution in [3.63, 3.8) is 0 Å². The fourth-order valence-corrected chi connectivity index (χ4v) is 1.34. The van der Waals surface area contributed by atoms with Crippen LogP contribution < -0.4 is 10.6 Å². The number of amides is 5. The molecule has 0 unspecified atom stereocenters. The largest absolute Gasteiger partial charge is 0.337 e. The van der Waals surface area contributed by atoms with Gasteiger partial charge in [0.2, 0.25) is 6.41 Å². The zero-order valence-corrected chi connectivity index (χ0v) is 11.2. The molecular weight excluding hydrogens is 253 g/mol. The Morgan fingerprint density at radius 1 is 1.21 bits per heavy atom. The lowest BCUT2D eigenvalue weighted by Crippen LogP contribution is -2.45. The molecule has 0 rings (SSSR count). The summed E-state index contributed by atoms with van der Waals surface area (Å²) in [6, 6.07) is -1.77. The van der Waals surface area contributed by atoms with Gasteiger partial charge < -0.3 is 5.32 Å². The van der Waals surface area contributed by atoms with Gasteiger partial charge in [0.25, 0.3) is 0 Å². The molecular formula is C12H20FN3O3. The Morgan fingerprint density at radius 2 is 1.89 bits per heavy atom. The number of rotatable bonds is 7. The second-order valence-electron chi connectivity index (χ2n) is 3.95. The summed E-state index contributed by atoms with van der Waals surface area (Å²) in [5.74, 6) is -0.720. The predicted molar refractivity (Wildman–Crippen MR) is 68.8 cm³/mol. The van der Waals surface area contributed by atoms with Gasteiger partial charge in [-0.25, -0.2) is 18.9 Å². The molecule has 108 valence electrons. The number of hydrogen-bond donors (Lipinski definition) is 2. The number of unbranched alkanes of at least 4 members (excludes halogenated alkanes) is 3. The molecule has 0 aromatic rings. The van der Waals surface area contributed by atoms with Crippen LogP contribution in [0.2, 0.25) is 0 Å². The zero-order valence-electron chi connectivity index (χ0n) is 11.2. The van der Waals surface area contributed by atoms with Crippen molar-refractivity contribution < 1.29 is 18.8 Å². The SMILES string of the molecule is CCCCCCNC(=O)N(/C=C(\C)F)C(=O)NC=O. The average molecular weight is 273 g/mol. The Kier molecular flexibility index (Phi) is 9.03. The summed E-state index contributed by atoms with van der Waals surface area (Å²) in [7, 11) is 0. The summed E-state index contributed by atoms with van der Waals surface area (Å²) in [5.41, 5.74) is 0. The standard InChI is InChI=1S/C12H20FN3O3/c1-3-4-5-6-7-14-11(18)16(8-10(2)13)12(19)15-9-17/h8-9H,3-7H2,1-2H3,(H,14,18)(H,15,17,19)/b10-8+. The molecule has 0 heterocycles. The van der Waals surface area contributed by atoms with Gasteiger partial charge in [0, 0.05) is 12.7 Å². The number of carbonyl (C=O) groups excluding carboxylic acids is 3. The van der Waals surface area contributed by atoms with Gasteiger partial charge in [-0.2, -0.15) is 0 Å². The first-order chi connectivity index (χ1) is 9.02. The molecule has 2 N–H and O–H groups in total. The van der Waals surface area contributed by atoms with E-state index in [0.717, 1.165) is 38.8 Å². The van der Waals surface area contributed by atoms with Gasteiger partial charge >= 0.3 is 12.1 Å². The van der Waals surface area contributed by atoms with Crippen molar-refractivity contribution in [2.45, 2.75) is 39.5 Å². The van der Waals surface area contributed by atoms with Gasteiger partial charge in [-0.3, -0.25) is 10.1 Å². The fourth-order valence-electron chi connectivity index (χ4n) is 1.34. The second-order valence-corrected chi connectivity index (χ2v) is 3.95. The van der Waals surface area contributed by atoms with E-state index in [9.17, 15) is 18.8 Å². The van der Waals surface area contributed by atoms with Crippen molar-refractivity contribution in [1.82, 2.24) is 15.5 Å². The molecule has 0 bridgehead atoms. The Labute approximate surface area is 112 Å². The van der Waals surface area contributed by atoms with Gasteiger partial charge in [0.15, 0.2) is 0 Å². The van der Waals surface area contributed by atoms with Crippen molar-refractivity contribution in [3.05, 3.63) is 12.0 Å². The highest BCUT2D eigenvalue weighted by Crippen LogP contribution is 2.01. The maximum atomic E-state index is 12.8. The van der Waals surface area contributed by atoms with Crippen LogP contribution in [0.25, 0.3) is 0 Å². The summed E-state index contributed by atoms with van der Waals surface area (Å²) in [6.45, 7) is 3.55. The molecule has 7 heteroatoms. The molecule has 0 aliphatic heterocycles. The van der Waals surface area contributed by atoms with Crippen LogP contribution in [0.1, 0.15) is 39.5 Å². The van der Waals surface area contributed by atoms with Crippen molar-refractivity contribution in [2.75, 3.05) is 6.54 Å². The lowest BCUT2D eigenvalue weighted by molar-refractivity contribution is -0.108. The minimum atomic E-state index is -1.00. The highest BCUT2D eigenvalue weighted by molar-refractivity contribution is 5.98. The molecule has 0 aliphatic carbocycles. The first-order valence-corrected chi connectivity index (χ1v) is 6.18. The molecule has 19 heavy (non-hydrogen) atoms. The summed E-state index contributed by atoms with van der Waals surface area (Å²) in [6.07, 6.45) is 4.74. The summed E-state index contributed by atoms with van der Waals surface area (Å²) < 4.78 is 12.8. The van der Waals surface area contributed by atoms with E-state index in [1.54, 1.807) is 5.32 Å². The molecule has 0 spiro atoms.